The van der Waals surface area contributed by atoms with E-state index in [-0.39, 0.29) is 31.0 Å². The van der Waals surface area contributed by atoms with Gasteiger partial charge in [-0.05, 0) is 5.56 Å². The number of carboxylic acids is 1. The lowest BCUT2D eigenvalue weighted by Gasteiger charge is -2.15. The van der Waals surface area contributed by atoms with Crippen molar-refractivity contribution in [2.45, 2.75) is 19.3 Å². The average molecular weight is 330 g/mol. The molecule has 2 aromatic rings. The molecule has 1 aromatic carbocycles. The molecule has 1 amide bonds. The number of benzene rings is 1. The van der Waals surface area contributed by atoms with Crippen LogP contribution in [0.25, 0.3) is 0 Å². The summed E-state index contributed by atoms with van der Waals surface area (Å²) in [5.41, 5.74) is 1.35. The number of aliphatic carboxylic acids is 1. The van der Waals surface area contributed by atoms with Crippen molar-refractivity contribution in [1.82, 2.24) is 4.98 Å². The molecule has 0 saturated heterocycles. The molecule has 2 N–H and O–H groups in total. The second-order valence-corrected chi connectivity index (χ2v) is 6.37. The number of hydrogen-bond donors (Lipinski definition) is 2. The molecule has 1 unspecified atom stereocenters. The zero-order valence-corrected chi connectivity index (χ0v) is 12.9. The van der Waals surface area contributed by atoms with Crippen molar-refractivity contribution in [2.75, 3.05) is 5.32 Å². The highest BCUT2D eigenvalue weighted by molar-refractivity contribution is 7.17. The summed E-state index contributed by atoms with van der Waals surface area (Å²) in [5.74, 6) is -2.17. The van der Waals surface area contributed by atoms with E-state index in [0.717, 1.165) is 16.9 Å². The molecule has 0 bridgehead atoms. The lowest BCUT2D eigenvalue weighted by molar-refractivity contribution is -0.141. The van der Waals surface area contributed by atoms with Gasteiger partial charge in [-0.25, -0.2) is 4.98 Å². The molecule has 1 aromatic heterocycles. The Morgan fingerprint density at radius 2 is 2.00 bits per heavy atom. The summed E-state index contributed by atoms with van der Waals surface area (Å²) < 4.78 is 0. The van der Waals surface area contributed by atoms with Gasteiger partial charge in [0.25, 0.3) is 0 Å². The summed E-state index contributed by atoms with van der Waals surface area (Å²) in [6, 6.07) is 9.30. The van der Waals surface area contributed by atoms with Crippen LogP contribution in [-0.4, -0.2) is 27.8 Å². The Balaban J connectivity index is 1.71. The van der Waals surface area contributed by atoms with Gasteiger partial charge >= 0.3 is 5.97 Å². The predicted molar refractivity (Wildman–Crippen MR) is 84.7 cm³/mol. The monoisotopic (exact) mass is 330 g/mol. The molecule has 0 saturated carbocycles. The van der Waals surface area contributed by atoms with Crippen LogP contribution in [0.5, 0.6) is 0 Å². The Labute approximate surface area is 136 Å². The maximum atomic E-state index is 12.0. The summed E-state index contributed by atoms with van der Waals surface area (Å²) >= 11 is 1.11. The van der Waals surface area contributed by atoms with Gasteiger partial charge in [-0.15, -0.1) is 0 Å². The Kier molecular flexibility index (Phi) is 4.20. The fourth-order valence-corrected chi connectivity index (χ4v) is 3.46. The SMILES string of the molecule is O=C(Cc1ccccc1)Nc1nc2c(s1)C(=O)CC(C(=O)O)C2. The number of Topliss-reactive ketones (excluding diaryl/α,β-unsaturated/α-hetero) is 1. The van der Waals surface area contributed by atoms with Gasteiger partial charge in [-0.2, -0.15) is 0 Å². The molecular weight excluding hydrogens is 316 g/mol. The van der Waals surface area contributed by atoms with E-state index in [1.54, 1.807) is 0 Å². The number of amides is 1. The highest BCUT2D eigenvalue weighted by Gasteiger charge is 2.33. The predicted octanol–water partition coefficient (Wildman–Crippen LogP) is 2.15. The third-order valence-electron chi connectivity index (χ3n) is 3.63. The number of anilines is 1. The van der Waals surface area contributed by atoms with Crippen molar-refractivity contribution in [1.29, 1.82) is 0 Å². The van der Waals surface area contributed by atoms with Crippen LogP contribution in [0.1, 0.15) is 27.3 Å². The van der Waals surface area contributed by atoms with E-state index >= 15 is 0 Å². The normalized spacial score (nSPS) is 16.7. The van der Waals surface area contributed by atoms with Crippen molar-refractivity contribution in [3.63, 3.8) is 0 Å². The molecular formula is C16H14N2O4S. The minimum atomic E-state index is -0.994. The molecule has 3 rings (SSSR count). The summed E-state index contributed by atoms with van der Waals surface area (Å²) in [6.45, 7) is 0. The fourth-order valence-electron chi connectivity index (χ4n) is 2.50. The molecule has 6 nitrogen and oxygen atoms in total. The van der Waals surface area contributed by atoms with Crippen LogP contribution in [0.4, 0.5) is 5.13 Å². The van der Waals surface area contributed by atoms with Gasteiger partial charge in [0.05, 0.1) is 22.9 Å². The van der Waals surface area contributed by atoms with E-state index in [1.807, 2.05) is 30.3 Å². The van der Waals surface area contributed by atoms with Gasteiger partial charge in [-0.1, -0.05) is 41.7 Å². The van der Waals surface area contributed by atoms with Gasteiger partial charge in [0.2, 0.25) is 5.91 Å². The van der Waals surface area contributed by atoms with E-state index in [1.165, 1.54) is 0 Å². The van der Waals surface area contributed by atoms with Crippen LogP contribution in [0.3, 0.4) is 0 Å². The van der Waals surface area contributed by atoms with Gasteiger partial charge in [0.1, 0.15) is 0 Å². The molecule has 1 heterocycles. The second kappa shape index (κ2) is 6.29. The van der Waals surface area contributed by atoms with E-state index < -0.39 is 11.9 Å². The second-order valence-electron chi connectivity index (χ2n) is 5.37. The number of nitrogens with zero attached hydrogens (tertiary/aromatic N) is 1. The molecule has 23 heavy (non-hydrogen) atoms. The van der Waals surface area contributed by atoms with Crippen LogP contribution in [0.15, 0.2) is 30.3 Å². The lowest BCUT2D eigenvalue weighted by Crippen LogP contribution is -2.25. The Bertz CT molecular complexity index is 770. The number of carbonyl (C=O) groups excluding carboxylic acids is 2. The van der Waals surface area contributed by atoms with Crippen LogP contribution >= 0.6 is 11.3 Å². The van der Waals surface area contributed by atoms with Gasteiger partial charge in [0, 0.05) is 12.8 Å². The van der Waals surface area contributed by atoms with E-state index in [4.69, 9.17) is 5.11 Å². The largest absolute Gasteiger partial charge is 0.481 e. The van der Waals surface area contributed by atoms with Crippen molar-refractivity contribution < 1.29 is 19.5 Å². The maximum Gasteiger partial charge on any atom is 0.307 e. The third kappa shape index (κ3) is 3.45. The summed E-state index contributed by atoms with van der Waals surface area (Å²) in [4.78, 5) is 39.7. The number of hydrogen-bond acceptors (Lipinski definition) is 5. The van der Waals surface area contributed by atoms with Crippen molar-refractivity contribution in [3.8, 4) is 0 Å². The molecule has 0 fully saturated rings. The molecule has 1 aliphatic carbocycles. The van der Waals surface area contributed by atoms with Crippen LogP contribution in [0.2, 0.25) is 0 Å². The number of thiazole rings is 1. The highest BCUT2D eigenvalue weighted by Crippen LogP contribution is 2.32. The van der Waals surface area contributed by atoms with Crippen molar-refractivity contribution in [2.24, 2.45) is 5.92 Å². The van der Waals surface area contributed by atoms with Crippen LogP contribution in [-0.2, 0) is 22.4 Å². The number of rotatable bonds is 4. The Morgan fingerprint density at radius 3 is 2.70 bits per heavy atom. The molecule has 7 heteroatoms. The molecule has 0 radical (unpaired) electrons. The topological polar surface area (TPSA) is 96.4 Å². The first-order valence-electron chi connectivity index (χ1n) is 7.12. The average Bonchev–Trinajstić information content (AvgIpc) is 2.91. The minimum absolute atomic E-state index is 0.0120. The number of carboxylic acid groups (broad SMARTS) is 1. The van der Waals surface area contributed by atoms with Gasteiger partial charge in [0.15, 0.2) is 10.9 Å². The number of aromatic nitrogens is 1. The van der Waals surface area contributed by atoms with Crippen LogP contribution < -0.4 is 5.32 Å². The Hall–Kier alpha value is -2.54. The quantitative estimate of drug-likeness (QED) is 0.895. The minimum Gasteiger partial charge on any atom is -0.481 e. The molecule has 118 valence electrons. The number of nitrogens with one attached hydrogen (secondary N) is 1. The van der Waals surface area contributed by atoms with E-state index in [2.05, 4.69) is 10.3 Å². The number of ketones is 1. The summed E-state index contributed by atoms with van der Waals surface area (Å²) in [5, 5.41) is 12.1. The standard InChI is InChI=1S/C16H14N2O4S/c19-12-8-10(15(21)22)7-11-14(12)23-16(17-11)18-13(20)6-9-4-2-1-3-5-9/h1-5,10H,6-8H2,(H,21,22)(H,17,18,20). The van der Waals surface area contributed by atoms with E-state index in [0.29, 0.717) is 15.7 Å². The first-order valence-corrected chi connectivity index (χ1v) is 7.94. The first kappa shape index (κ1) is 15.4. The van der Waals surface area contributed by atoms with Gasteiger partial charge in [-0.3, -0.25) is 14.4 Å². The van der Waals surface area contributed by atoms with Gasteiger partial charge < -0.3 is 10.4 Å². The smallest absolute Gasteiger partial charge is 0.307 e. The number of fused-ring (bicyclic) bond motifs is 1. The molecule has 0 spiro atoms. The Morgan fingerprint density at radius 1 is 1.26 bits per heavy atom. The molecule has 0 aliphatic heterocycles. The highest BCUT2D eigenvalue weighted by atomic mass is 32.1. The lowest BCUT2D eigenvalue weighted by atomic mass is 9.90. The molecule has 1 aliphatic rings. The zero-order valence-electron chi connectivity index (χ0n) is 12.1. The first-order chi connectivity index (χ1) is 11.0. The summed E-state index contributed by atoms with van der Waals surface area (Å²) in [7, 11) is 0. The molecule has 1 atom stereocenters. The van der Waals surface area contributed by atoms with Crippen LogP contribution in [0, 0.1) is 5.92 Å². The maximum absolute atomic E-state index is 12.0. The van der Waals surface area contributed by atoms with Crippen molar-refractivity contribution in [3.05, 3.63) is 46.5 Å². The number of carbonyl (C=O) groups is 3. The van der Waals surface area contributed by atoms with Crippen molar-refractivity contribution >= 4 is 34.1 Å². The third-order valence-corrected chi connectivity index (χ3v) is 4.68. The fraction of sp³-hybridized carbons (Fsp3) is 0.250. The van der Waals surface area contributed by atoms with E-state index in [9.17, 15) is 14.4 Å². The summed E-state index contributed by atoms with van der Waals surface area (Å²) in [6.07, 6.45) is 0.431. The zero-order chi connectivity index (χ0) is 16.4.